The summed E-state index contributed by atoms with van der Waals surface area (Å²) in [5.41, 5.74) is 0.840. The molecule has 1 aliphatic carbocycles. The molecule has 1 aromatic heterocycles. The molecule has 3 nitrogen and oxygen atoms in total. The van der Waals surface area contributed by atoms with E-state index in [4.69, 9.17) is 23.2 Å². The minimum Gasteiger partial charge on any atom is -0.351 e. The first kappa shape index (κ1) is 17.5. The number of hydrogen-bond acceptors (Lipinski definition) is 3. The first-order valence-corrected chi connectivity index (χ1v) is 10.1. The summed E-state index contributed by atoms with van der Waals surface area (Å²) in [5, 5.41) is 3.30. The zero-order valence-corrected chi connectivity index (χ0v) is 15.8. The first-order valence-electron chi connectivity index (χ1n) is 8.55. The third-order valence-corrected chi connectivity index (χ3v) is 6.73. The summed E-state index contributed by atoms with van der Waals surface area (Å²) in [7, 11) is 0. The predicted molar refractivity (Wildman–Crippen MR) is 97.7 cm³/mol. The van der Waals surface area contributed by atoms with E-state index in [2.05, 4.69) is 10.2 Å². The second-order valence-corrected chi connectivity index (χ2v) is 9.00. The van der Waals surface area contributed by atoms with Crippen LogP contribution < -0.4 is 5.32 Å². The Balaban J connectivity index is 1.66. The molecule has 3 unspecified atom stereocenters. The van der Waals surface area contributed by atoms with Crippen LogP contribution in [0.1, 0.15) is 56.9 Å². The molecule has 0 radical (unpaired) electrons. The van der Waals surface area contributed by atoms with Crippen LogP contribution in [0.15, 0.2) is 6.07 Å². The van der Waals surface area contributed by atoms with Crippen molar-refractivity contribution in [2.75, 3.05) is 13.1 Å². The van der Waals surface area contributed by atoms with Crippen LogP contribution in [0.5, 0.6) is 0 Å². The summed E-state index contributed by atoms with van der Waals surface area (Å²) in [6.07, 6.45) is 7.33. The van der Waals surface area contributed by atoms with Gasteiger partial charge in [0.1, 0.15) is 0 Å². The highest BCUT2D eigenvalue weighted by Gasteiger charge is 2.33. The molecule has 1 amide bonds. The second kappa shape index (κ2) is 7.73. The zero-order chi connectivity index (χ0) is 16.4. The molecule has 0 spiro atoms. The van der Waals surface area contributed by atoms with Crippen LogP contribution in [0.2, 0.25) is 8.67 Å². The highest BCUT2D eigenvalue weighted by atomic mass is 35.5. The lowest BCUT2D eigenvalue weighted by Crippen LogP contribution is -2.53. The van der Waals surface area contributed by atoms with Crippen LogP contribution in [0, 0.1) is 0 Å². The molecular formula is C17H24Cl2N2OS. The third kappa shape index (κ3) is 4.04. The van der Waals surface area contributed by atoms with Crippen LogP contribution >= 0.6 is 34.5 Å². The molecule has 1 N–H and O–H groups in total. The van der Waals surface area contributed by atoms with Crippen molar-refractivity contribution in [1.29, 1.82) is 0 Å². The van der Waals surface area contributed by atoms with Crippen molar-refractivity contribution in [3.05, 3.63) is 20.3 Å². The van der Waals surface area contributed by atoms with Gasteiger partial charge in [0.25, 0.3) is 0 Å². The molecule has 3 atom stereocenters. The average molecular weight is 375 g/mol. The summed E-state index contributed by atoms with van der Waals surface area (Å²) in [6.45, 7) is 4.27. The van der Waals surface area contributed by atoms with E-state index in [0.717, 1.165) is 12.0 Å². The molecule has 2 fully saturated rings. The molecule has 1 aliphatic heterocycles. The topological polar surface area (TPSA) is 32.3 Å². The SMILES string of the molecule is CC(C(=O)NC1CCCCC1N1CCCC1)c1cc(Cl)sc1Cl. The second-order valence-electron chi connectivity index (χ2n) is 6.71. The van der Waals surface area contributed by atoms with Gasteiger partial charge in [-0.1, -0.05) is 36.0 Å². The molecule has 0 bridgehead atoms. The van der Waals surface area contributed by atoms with Crippen molar-refractivity contribution in [1.82, 2.24) is 10.2 Å². The van der Waals surface area contributed by atoms with E-state index in [-0.39, 0.29) is 17.9 Å². The van der Waals surface area contributed by atoms with Gasteiger partial charge in [-0.15, -0.1) is 11.3 Å². The van der Waals surface area contributed by atoms with Gasteiger partial charge in [0.15, 0.2) is 0 Å². The highest BCUT2D eigenvalue weighted by Crippen LogP contribution is 2.36. The van der Waals surface area contributed by atoms with Crippen LogP contribution in [0.25, 0.3) is 0 Å². The van der Waals surface area contributed by atoms with E-state index in [1.165, 1.54) is 56.5 Å². The van der Waals surface area contributed by atoms with E-state index in [0.29, 0.717) is 14.7 Å². The number of carbonyl (C=O) groups is 1. The van der Waals surface area contributed by atoms with Crippen LogP contribution in [0.4, 0.5) is 0 Å². The summed E-state index contributed by atoms with van der Waals surface area (Å²) in [6, 6.07) is 2.59. The quantitative estimate of drug-likeness (QED) is 0.829. The molecule has 2 aliphatic rings. The Morgan fingerprint density at radius 1 is 1.26 bits per heavy atom. The largest absolute Gasteiger partial charge is 0.351 e. The average Bonchev–Trinajstić information content (AvgIpc) is 3.16. The summed E-state index contributed by atoms with van der Waals surface area (Å²) in [5.74, 6) is -0.190. The van der Waals surface area contributed by atoms with Gasteiger partial charge >= 0.3 is 0 Å². The maximum Gasteiger partial charge on any atom is 0.227 e. The molecule has 2 heterocycles. The normalized spacial score (nSPS) is 27.1. The zero-order valence-electron chi connectivity index (χ0n) is 13.5. The number of nitrogens with one attached hydrogen (secondary N) is 1. The Labute approximate surface area is 152 Å². The molecule has 3 rings (SSSR count). The lowest BCUT2D eigenvalue weighted by Gasteiger charge is -2.38. The number of nitrogens with zero attached hydrogens (tertiary/aromatic N) is 1. The lowest BCUT2D eigenvalue weighted by atomic mass is 9.88. The Kier molecular flexibility index (Phi) is 5.89. The van der Waals surface area contributed by atoms with E-state index in [1.807, 2.05) is 13.0 Å². The van der Waals surface area contributed by atoms with Gasteiger partial charge in [-0.2, -0.15) is 0 Å². The number of amides is 1. The van der Waals surface area contributed by atoms with E-state index < -0.39 is 0 Å². The van der Waals surface area contributed by atoms with Gasteiger partial charge in [0.2, 0.25) is 5.91 Å². The fraction of sp³-hybridized carbons (Fsp3) is 0.706. The minimum absolute atomic E-state index is 0.0671. The van der Waals surface area contributed by atoms with Gasteiger partial charge in [0, 0.05) is 12.1 Å². The first-order chi connectivity index (χ1) is 11.1. The number of hydrogen-bond donors (Lipinski definition) is 1. The predicted octanol–water partition coefficient (Wildman–Crippen LogP) is 4.68. The maximum absolute atomic E-state index is 12.7. The van der Waals surface area contributed by atoms with Crippen LogP contribution in [-0.2, 0) is 4.79 Å². The van der Waals surface area contributed by atoms with Gasteiger partial charge in [-0.25, -0.2) is 0 Å². The monoisotopic (exact) mass is 374 g/mol. The Bertz CT molecular complexity index is 557. The van der Waals surface area contributed by atoms with E-state index >= 15 is 0 Å². The fourth-order valence-corrected chi connectivity index (χ4v) is 5.53. The van der Waals surface area contributed by atoms with Gasteiger partial charge in [-0.3, -0.25) is 9.69 Å². The third-order valence-electron chi connectivity index (χ3n) is 5.21. The smallest absolute Gasteiger partial charge is 0.227 e. The summed E-state index contributed by atoms with van der Waals surface area (Å²) < 4.78 is 1.26. The molecule has 1 aromatic rings. The molecule has 0 aromatic carbocycles. The van der Waals surface area contributed by atoms with Crippen LogP contribution in [0.3, 0.4) is 0 Å². The number of carbonyl (C=O) groups excluding carboxylic acids is 1. The number of likely N-dealkylation sites (tertiary alicyclic amines) is 1. The highest BCUT2D eigenvalue weighted by molar-refractivity contribution is 7.20. The van der Waals surface area contributed by atoms with Crippen LogP contribution in [-0.4, -0.2) is 36.0 Å². The van der Waals surface area contributed by atoms with Crippen molar-refractivity contribution in [3.8, 4) is 0 Å². The molecular weight excluding hydrogens is 351 g/mol. The molecule has 6 heteroatoms. The number of halogens is 2. The van der Waals surface area contributed by atoms with Crippen molar-refractivity contribution >= 4 is 40.4 Å². The lowest BCUT2D eigenvalue weighted by molar-refractivity contribution is -0.123. The van der Waals surface area contributed by atoms with Crippen molar-refractivity contribution in [2.45, 2.75) is 63.5 Å². The maximum atomic E-state index is 12.7. The molecule has 1 saturated carbocycles. The molecule has 128 valence electrons. The summed E-state index contributed by atoms with van der Waals surface area (Å²) in [4.78, 5) is 15.3. The van der Waals surface area contributed by atoms with Crippen molar-refractivity contribution < 1.29 is 4.79 Å². The minimum atomic E-state index is -0.257. The fourth-order valence-electron chi connectivity index (χ4n) is 3.89. The Morgan fingerprint density at radius 2 is 1.96 bits per heavy atom. The molecule has 23 heavy (non-hydrogen) atoms. The van der Waals surface area contributed by atoms with Crippen molar-refractivity contribution in [2.24, 2.45) is 0 Å². The van der Waals surface area contributed by atoms with E-state index in [1.54, 1.807) is 0 Å². The summed E-state index contributed by atoms with van der Waals surface area (Å²) >= 11 is 13.5. The van der Waals surface area contributed by atoms with Gasteiger partial charge in [-0.05, 0) is 57.3 Å². The number of thiophene rings is 1. The van der Waals surface area contributed by atoms with Gasteiger partial charge in [0.05, 0.1) is 14.6 Å². The van der Waals surface area contributed by atoms with E-state index in [9.17, 15) is 4.79 Å². The van der Waals surface area contributed by atoms with Gasteiger partial charge < -0.3 is 5.32 Å². The van der Waals surface area contributed by atoms with Crippen molar-refractivity contribution in [3.63, 3.8) is 0 Å². The Hall–Kier alpha value is -0.290. The number of rotatable bonds is 4. The Morgan fingerprint density at radius 3 is 2.61 bits per heavy atom. The molecule has 1 saturated heterocycles. The standard InChI is InChI=1S/C17H24Cl2N2OS/c1-11(12-10-15(18)23-16(12)19)17(22)20-13-6-2-3-7-14(13)21-8-4-5-9-21/h10-11,13-14H,2-9H2,1H3,(H,20,22).